The number of ether oxygens (including phenoxy) is 1. The summed E-state index contributed by atoms with van der Waals surface area (Å²) in [5.74, 6) is -0.411. The van der Waals surface area contributed by atoms with Gasteiger partial charge in [-0.15, -0.1) is 0 Å². The van der Waals surface area contributed by atoms with Gasteiger partial charge in [0.05, 0.1) is 19.2 Å². The summed E-state index contributed by atoms with van der Waals surface area (Å²) >= 11 is 6.01. The molecule has 1 N–H and O–H groups in total. The molecule has 0 aliphatic carbocycles. The summed E-state index contributed by atoms with van der Waals surface area (Å²) in [5.41, 5.74) is 0. The van der Waals surface area contributed by atoms with E-state index in [9.17, 15) is 4.79 Å². The van der Waals surface area contributed by atoms with E-state index in [1.165, 1.54) is 13.3 Å². The maximum Gasteiger partial charge on any atom is 0.318 e. The van der Waals surface area contributed by atoms with Crippen molar-refractivity contribution in [2.75, 3.05) is 25.1 Å². The van der Waals surface area contributed by atoms with Gasteiger partial charge in [0.15, 0.2) is 5.82 Å². The summed E-state index contributed by atoms with van der Waals surface area (Å²) in [6.07, 6.45) is 1.48. The first-order valence-electron chi connectivity index (χ1n) is 5.57. The molecule has 0 bridgehead atoms. The van der Waals surface area contributed by atoms with Gasteiger partial charge >= 0.3 is 12.0 Å². The molecular weight excluding hydrogens is 258 g/mol. The largest absolute Gasteiger partial charge is 0.481 e. The Labute approximate surface area is 110 Å². The molecule has 0 amide bonds. The molecule has 0 spiro atoms. The molecule has 2 heterocycles. The lowest BCUT2D eigenvalue weighted by molar-refractivity contribution is -0.143. The number of carboxylic acid groups (broad SMARTS) is 1. The number of carboxylic acids is 1. The van der Waals surface area contributed by atoms with E-state index in [4.69, 9.17) is 21.4 Å². The molecule has 1 aromatic rings. The average Bonchev–Trinajstić information content (AvgIpc) is 2.29. The van der Waals surface area contributed by atoms with E-state index >= 15 is 0 Å². The van der Waals surface area contributed by atoms with Gasteiger partial charge in [0, 0.05) is 19.0 Å². The molecule has 0 aromatic carbocycles. The zero-order valence-corrected chi connectivity index (χ0v) is 10.9. The average molecular weight is 272 g/mol. The number of hydrogen-bond acceptors (Lipinski definition) is 5. The number of methoxy groups -OCH3 is 1. The third-order valence-electron chi connectivity index (χ3n) is 3.19. The van der Waals surface area contributed by atoms with Crippen molar-refractivity contribution in [2.45, 2.75) is 6.92 Å². The van der Waals surface area contributed by atoms with Gasteiger partial charge in [-0.2, -0.15) is 4.98 Å². The molecular formula is C11H14ClN3O3. The monoisotopic (exact) mass is 271 g/mol. The van der Waals surface area contributed by atoms with E-state index in [-0.39, 0.29) is 17.8 Å². The van der Waals surface area contributed by atoms with Gasteiger partial charge in [-0.25, -0.2) is 4.98 Å². The summed E-state index contributed by atoms with van der Waals surface area (Å²) in [5, 5.41) is 9.36. The second-order valence-electron chi connectivity index (χ2n) is 4.32. The second-order valence-corrected chi connectivity index (χ2v) is 4.73. The minimum Gasteiger partial charge on any atom is -0.481 e. The third kappa shape index (κ3) is 2.33. The van der Waals surface area contributed by atoms with Gasteiger partial charge in [0.1, 0.15) is 5.02 Å². The Morgan fingerprint density at radius 3 is 2.89 bits per heavy atom. The Kier molecular flexibility index (Phi) is 3.56. The highest BCUT2D eigenvalue weighted by molar-refractivity contribution is 6.32. The van der Waals surface area contributed by atoms with Crippen LogP contribution < -0.4 is 9.64 Å². The van der Waals surface area contributed by atoms with E-state index < -0.39 is 5.97 Å². The highest BCUT2D eigenvalue weighted by atomic mass is 35.5. The first-order valence-corrected chi connectivity index (χ1v) is 5.95. The van der Waals surface area contributed by atoms with Crippen molar-refractivity contribution in [1.29, 1.82) is 0 Å². The molecule has 1 fully saturated rings. The third-order valence-corrected chi connectivity index (χ3v) is 3.46. The number of halogens is 1. The van der Waals surface area contributed by atoms with Crippen molar-refractivity contribution in [3.05, 3.63) is 11.2 Å². The van der Waals surface area contributed by atoms with E-state index in [0.717, 1.165) is 0 Å². The van der Waals surface area contributed by atoms with E-state index in [1.807, 2.05) is 4.90 Å². The molecule has 18 heavy (non-hydrogen) atoms. The Hall–Kier alpha value is -1.56. The molecule has 1 unspecified atom stereocenters. The Bertz CT molecular complexity index is 463. The smallest absolute Gasteiger partial charge is 0.318 e. The molecule has 98 valence electrons. The van der Waals surface area contributed by atoms with Crippen LogP contribution in [0.2, 0.25) is 5.02 Å². The number of hydrogen-bond donors (Lipinski definition) is 1. The predicted molar refractivity (Wildman–Crippen MR) is 66.1 cm³/mol. The molecule has 2 rings (SSSR count). The number of rotatable bonds is 4. The number of aromatic nitrogens is 2. The maximum absolute atomic E-state index is 10.9. The molecule has 1 saturated heterocycles. The topological polar surface area (TPSA) is 75.5 Å². The number of anilines is 1. The van der Waals surface area contributed by atoms with Crippen molar-refractivity contribution < 1.29 is 14.6 Å². The van der Waals surface area contributed by atoms with Crippen LogP contribution in [0.4, 0.5) is 5.82 Å². The minimum atomic E-state index is -0.772. The standard InChI is InChI=1S/C11H14ClN3O3/c1-6(10(16)17)7-4-15(5-7)9-8(12)3-13-11(14-9)18-2/h3,6-7H,4-5H2,1-2H3,(H,16,17). The lowest BCUT2D eigenvalue weighted by Crippen LogP contribution is -2.51. The van der Waals surface area contributed by atoms with Crippen LogP contribution in [0.3, 0.4) is 0 Å². The van der Waals surface area contributed by atoms with Crippen molar-refractivity contribution in [2.24, 2.45) is 11.8 Å². The van der Waals surface area contributed by atoms with Gasteiger partial charge in [-0.1, -0.05) is 18.5 Å². The molecule has 1 aromatic heterocycles. The molecule has 0 radical (unpaired) electrons. The van der Waals surface area contributed by atoms with Crippen LogP contribution in [-0.4, -0.2) is 41.2 Å². The first kappa shape index (κ1) is 12.9. The van der Waals surface area contributed by atoms with Crippen molar-refractivity contribution in [3.8, 4) is 6.01 Å². The minimum absolute atomic E-state index is 0.125. The maximum atomic E-state index is 10.9. The number of carbonyl (C=O) groups is 1. The van der Waals surface area contributed by atoms with Gasteiger partial charge in [0.2, 0.25) is 0 Å². The van der Waals surface area contributed by atoms with Gasteiger partial charge < -0.3 is 14.7 Å². The van der Waals surface area contributed by atoms with Crippen molar-refractivity contribution >= 4 is 23.4 Å². The molecule has 1 aliphatic rings. The molecule has 6 nitrogen and oxygen atoms in total. The van der Waals surface area contributed by atoms with E-state index in [0.29, 0.717) is 23.9 Å². The highest BCUT2D eigenvalue weighted by Crippen LogP contribution is 2.33. The van der Waals surface area contributed by atoms with Crippen LogP contribution in [0, 0.1) is 11.8 Å². The fourth-order valence-corrected chi connectivity index (χ4v) is 2.08. The summed E-state index contributed by atoms with van der Waals surface area (Å²) < 4.78 is 4.94. The first-order chi connectivity index (χ1) is 8.52. The van der Waals surface area contributed by atoms with Gasteiger partial charge in [0.25, 0.3) is 0 Å². The van der Waals surface area contributed by atoms with Crippen LogP contribution in [0.15, 0.2) is 6.20 Å². The normalized spacial score (nSPS) is 17.2. The summed E-state index contributed by atoms with van der Waals surface area (Å²) in [7, 11) is 1.48. The molecule has 1 atom stereocenters. The lowest BCUT2D eigenvalue weighted by atomic mass is 9.87. The summed E-state index contributed by atoms with van der Waals surface area (Å²) in [4.78, 5) is 20.8. The fourth-order valence-electron chi connectivity index (χ4n) is 1.87. The zero-order chi connectivity index (χ0) is 13.3. The highest BCUT2D eigenvalue weighted by Gasteiger charge is 2.36. The predicted octanol–water partition coefficient (Wildman–Crippen LogP) is 1.30. The van der Waals surface area contributed by atoms with Crippen LogP contribution in [0.25, 0.3) is 0 Å². The summed E-state index contributed by atoms with van der Waals surface area (Å²) in [6.45, 7) is 2.98. The van der Waals surface area contributed by atoms with E-state index in [1.54, 1.807) is 6.92 Å². The Morgan fingerprint density at radius 2 is 2.33 bits per heavy atom. The van der Waals surface area contributed by atoms with Crippen LogP contribution in [0.1, 0.15) is 6.92 Å². The van der Waals surface area contributed by atoms with Crippen molar-refractivity contribution in [1.82, 2.24) is 9.97 Å². The van der Waals surface area contributed by atoms with Crippen LogP contribution >= 0.6 is 11.6 Å². The molecule has 7 heteroatoms. The van der Waals surface area contributed by atoms with Crippen molar-refractivity contribution in [3.63, 3.8) is 0 Å². The quantitative estimate of drug-likeness (QED) is 0.889. The van der Waals surface area contributed by atoms with Crippen LogP contribution in [0.5, 0.6) is 6.01 Å². The number of nitrogens with zero attached hydrogens (tertiary/aromatic N) is 3. The van der Waals surface area contributed by atoms with E-state index in [2.05, 4.69) is 9.97 Å². The molecule has 1 aliphatic heterocycles. The van der Waals surface area contributed by atoms with Gasteiger partial charge in [-0.3, -0.25) is 4.79 Å². The van der Waals surface area contributed by atoms with Crippen LogP contribution in [-0.2, 0) is 4.79 Å². The lowest BCUT2D eigenvalue weighted by Gasteiger charge is -2.42. The van der Waals surface area contributed by atoms with Gasteiger partial charge in [-0.05, 0) is 0 Å². The SMILES string of the molecule is COc1ncc(Cl)c(N2CC(C(C)C(=O)O)C2)n1. The Morgan fingerprint density at radius 1 is 1.67 bits per heavy atom. The Balaban J connectivity index is 2.06. The summed E-state index contributed by atoms with van der Waals surface area (Å²) in [6, 6.07) is 0.254. The second kappa shape index (κ2) is 4.97. The number of aliphatic carboxylic acids is 1. The zero-order valence-electron chi connectivity index (χ0n) is 10.1. The fraction of sp³-hybridized carbons (Fsp3) is 0.545. The molecule has 0 saturated carbocycles.